The standard InChI is InChI=1S/C12H15FN2O4/c1-3-14(8-12(16)19-4-2)10-5-9(13)6-11(7-10)15(17)18/h5-7H,3-4,8H2,1-2H3. The maximum Gasteiger partial charge on any atom is 0.325 e. The quantitative estimate of drug-likeness (QED) is 0.450. The number of rotatable bonds is 6. The number of benzene rings is 1. The lowest BCUT2D eigenvalue weighted by molar-refractivity contribution is -0.385. The molecule has 1 aromatic rings. The van der Waals surface area contributed by atoms with E-state index >= 15 is 0 Å². The van der Waals surface area contributed by atoms with Crippen molar-refractivity contribution in [2.75, 3.05) is 24.6 Å². The molecule has 0 saturated heterocycles. The summed E-state index contributed by atoms with van der Waals surface area (Å²) in [6, 6.07) is 3.21. The number of carbonyl (C=O) groups is 1. The van der Waals surface area contributed by atoms with Gasteiger partial charge in [-0.1, -0.05) is 0 Å². The van der Waals surface area contributed by atoms with Crippen LogP contribution in [0.1, 0.15) is 13.8 Å². The van der Waals surface area contributed by atoms with Crippen LogP contribution in [0.4, 0.5) is 15.8 Å². The van der Waals surface area contributed by atoms with Crippen LogP contribution < -0.4 is 4.90 Å². The molecule has 0 radical (unpaired) electrons. The van der Waals surface area contributed by atoms with E-state index in [9.17, 15) is 19.3 Å². The van der Waals surface area contributed by atoms with Gasteiger partial charge >= 0.3 is 5.97 Å². The van der Waals surface area contributed by atoms with Crippen molar-refractivity contribution in [3.63, 3.8) is 0 Å². The Balaban J connectivity index is 2.97. The Morgan fingerprint density at radius 3 is 2.63 bits per heavy atom. The molecule has 0 atom stereocenters. The van der Waals surface area contributed by atoms with Crippen molar-refractivity contribution >= 4 is 17.3 Å². The Bertz CT molecular complexity index is 479. The normalized spacial score (nSPS) is 10.1. The fourth-order valence-corrected chi connectivity index (χ4v) is 1.60. The van der Waals surface area contributed by atoms with E-state index in [0.29, 0.717) is 6.54 Å². The van der Waals surface area contributed by atoms with Crippen LogP contribution in [0.15, 0.2) is 18.2 Å². The molecule has 0 aliphatic heterocycles. The molecule has 0 aromatic heterocycles. The van der Waals surface area contributed by atoms with Crippen molar-refractivity contribution in [1.82, 2.24) is 0 Å². The minimum absolute atomic E-state index is 0.0784. The van der Waals surface area contributed by atoms with Gasteiger partial charge in [0.05, 0.1) is 17.6 Å². The van der Waals surface area contributed by atoms with Crippen LogP contribution in [0, 0.1) is 15.9 Å². The Morgan fingerprint density at radius 1 is 1.42 bits per heavy atom. The molecule has 0 bridgehead atoms. The number of hydrogen-bond donors (Lipinski definition) is 0. The molecule has 7 heteroatoms. The molecule has 0 heterocycles. The Kier molecular flexibility index (Phi) is 5.23. The molecule has 0 N–H and O–H groups in total. The van der Waals surface area contributed by atoms with Crippen LogP contribution in [0.2, 0.25) is 0 Å². The molecule has 104 valence electrons. The van der Waals surface area contributed by atoms with Gasteiger partial charge in [0.25, 0.3) is 5.69 Å². The summed E-state index contributed by atoms with van der Waals surface area (Å²) in [6.45, 7) is 4.02. The van der Waals surface area contributed by atoms with Crippen molar-refractivity contribution in [2.24, 2.45) is 0 Å². The molecule has 0 aliphatic rings. The Hall–Kier alpha value is -2.18. The van der Waals surface area contributed by atoms with Crippen LogP contribution in [0.25, 0.3) is 0 Å². The first-order valence-corrected chi connectivity index (χ1v) is 5.83. The van der Waals surface area contributed by atoms with Gasteiger partial charge in [0, 0.05) is 18.3 Å². The lowest BCUT2D eigenvalue weighted by atomic mass is 10.2. The molecule has 19 heavy (non-hydrogen) atoms. The van der Waals surface area contributed by atoms with E-state index < -0.39 is 16.7 Å². The van der Waals surface area contributed by atoms with E-state index in [-0.39, 0.29) is 24.5 Å². The number of nitro groups is 1. The summed E-state index contributed by atoms with van der Waals surface area (Å²) in [6.07, 6.45) is 0. The number of halogens is 1. The fraction of sp³-hybridized carbons (Fsp3) is 0.417. The maximum atomic E-state index is 13.3. The third kappa shape index (κ3) is 4.20. The third-order valence-electron chi connectivity index (χ3n) is 2.45. The molecule has 0 aliphatic carbocycles. The highest BCUT2D eigenvalue weighted by molar-refractivity contribution is 5.76. The van der Waals surface area contributed by atoms with Gasteiger partial charge in [0.1, 0.15) is 12.4 Å². The molecule has 0 unspecified atom stereocenters. The number of ether oxygens (including phenoxy) is 1. The van der Waals surface area contributed by atoms with Crippen LogP contribution >= 0.6 is 0 Å². The number of hydrogen-bond acceptors (Lipinski definition) is 5. The lowest BCUT2D eigenvalue weighted by Gasteiger charge is -2.21. The summed E-state index contributed by atoms with van der Waals surface area (Å²) >= 11 is 0. The molecule has 6 nitrogen and oxygen atoms in total. The van der Waals surface area contributed by atoms with Crippen molar-refractivity contribution in [3.8, 4) is 0 Å². The predicted octanol–water partition coefficient (Wildman–Crippen LogP) is 2.12. The van der Waals surface area contributed by atoms with Crippen LogP contribution in [0.3, 0.4) is 0 Å². The van der Waals surface area contributed by atoms with E-state index in [1.54, 1.807) is 13.8 Å². The molecule has 0 fully saturated rings. The van der Waals surface area contributed by atoms with Gasteiger partial charge in [-0.2, -0.15) is 0 Å². The summed E-state index contributed by atoms with van der Waals surface area (Å²) in [5.74, 6) is -1.18. The number of anilines is 1. The number of nitrogens with zero attached hydrogens (tertiary/aromatic N) is 2. The van der Waals surface area contributed by atoms with Crippen LogP contribution in [0.5, 0.6) is 0 Å². The molecule has 0 amide bonds. The zero-order chi connectivity index (χ0) is 14.4. The van der Waals surface area contributed by atoms with Crippen molar-refractivity contribution in [3.05, 3.63) is 34.1 Å². The summed E-state index contributed by atoms with van der Waals surface area (Å²) in [7, 11) is 0. The smallest absolute Gasteiger partial charge is 0.325 e. The van der Waals surface area contributed by atoms with Crippen molar-refractivity contribution < 1.29 is 18.8 Å². The van der Waals surface area contributed by atoms with E-state index in [0.717, 1.165) is 12.1 Å². The van der Waals surface area contributed by atoms with Gasteiger partial charge < -0.3 is 9.64 Å². The second-order valence-electron chi connectivity index (χ2n) is 3.74. The first kappa shape index (κ1) is 14.9. The summed E-state index contributed by atoms with van der Waals surface area (Å²) < 4.78 is 18.1. The van der Waals surface area contributed by atoms with E-state index in [2.05, 4.69) is 0 Å². The second kappa shape index (κ2) is 6.67. The second-order valence-corrected chi connectivity index (χ2v) is 3.74. The highest BCUT2D eigenvalue weighted by Crippen LogP contribution is 2.23. The van der Waals surface area contributed by atoms with Gasteiger partial charge in [-0.05, 0) is 19.9 Å². The van der Waals surface area contributed by atoms with E-state index in [1.807, 2.05) is 0 Å². The zero-order valence-electron chi connectivity index (χ0n) is 10.8. The van der Waals surface area contributed by atoms with Gasteiger partial charge in [0.15, 0.2) is 0 Å². The van der Waals surface area contributed by atoms with Crippen LogP contribution in [-0.2, 0) is 9.53 Å². The van der Waals surface area contributed by atoms with Gasteiger partial charge in [-0.25, -0.2) is 4.39 Å². The number of carbonyl (C=O) groups excluding carboxylic acids is 1. The SMILES string of the molecule is CCOC(=O)CN(CC)c1cc(F)cc([N+](=O)[O-])c1. The zero-order valence-corrected chi connectivity index (χ0v) is 10.8. The van der Waals surface area contributed by atoms with E-state index in [1.165, 1.54) is 11.0 Å². The number of esters is 1. The highest BCUT2D eigenvalue weighted by Gasteiger charge is 2.16. The summed E-state index contributed by atoms with van der Waals surface area (Å²) in [5.41, 5.74) is -0.0699. The number of nitro benzene ring substituents is 1. The molecule has 1 aromatic carbocycles. The number of likely N-dealkylation sites (N-methyl/N-ethyl adjacent to an activating group) is 1. The Morgan fingerprint density at radius 2 is 2.11 bits per heavy atom. The van der Waals surface area contributed by atoms with Gasteiger partial charge in [-0.15, -0.1) is 0 Å². The predicted molar refractivity (Wildman–Crippen MR) is 67.6 cm³/mol. The lowest BCUT2D eigenvalue weighted by Crippen LogP contribution is -2.30. The maximum absolute atomic E-state index is 13.3. The minimum atomic E-state index is -0.716. The van der Waals surface area contributed by atoms with Crippen molar-refractivity contribution in [1.29, 1.82) is 0 Å². The molecule has 0 spiro atoms. The largest absolute Gasteiger partial charge is 0.465 e. The highest BCUT2D eigenvalue weighted by atomic mass is 19.1. The topological polar surface area (TPSA) is 72.7 Å². The van der Waals surface area contributed by atoms with Gasteiger partial charge in [-0.3, -0.25) is 14.9 Å². The average molecular weight is 270 g/mol. The minimum Gasteiger partial charge on any atom is -0.465 e. The fourth-order valence-electron chi connectivity index (χ4n) is 1.60. The summed E-state index contributed by atoms with van der Waals surface area (Å²) in [5, 5.41) is 10.7. The van der Waals surface area contributed by atoms with Gasteiger partial charge in [0.2, 0.25) is 0 Å². The molecular weight excluding hydrogens is 255 g/mol. The van der Waals surface area contributed by atoms with Crippen LogP contribution in [-0.4, -0.2) is 30.6 Å². The molecule has 1 rings (SSSR count). The monoisotopic (exact) mass is 270 g/mol. The third-order valence-corrected chi connectivity index (χ3v) is 2.45. The molecule has 0 saturated carbocycles. The average Bonchev–Trinajstić information content (AvgIpc) is 2.35. The van der Waals surface area contributed by atoms with Crippen molar-refractivity contribution in [2.45, 2.75) is 13.8 Å². The first-order valence-electron chi connectivity index (χ1n) is 5.83. The molecular formula is C12H15FN2O4. The first-order chi connectivity index (χ1) is 8.97. The van der Waals surface area contributed by atoms with E-state index in [4.69, 9.17) is 4.74 Å². The Labute approximate surface area is 109 Å². The summed E-state index contributed by atoms with van der Waals surface area (Å²) in [4.78, 5) is 22.9. The number of non-ortho nitro benzene ring substituents is 1.